The second-order valence-corrected chi connectivity index (χ2v) is 4.57. The molecule has 5 N–H and O–H groups in total. The molecule has 0 saturated carbocycles. The Hall–Kier alpha value is -2.49. The number of nitrogens with zero attached hydrogens (tertiary/aromatic N) is 2. The predicted molar refractivity (Wildman–Crippen MR) is 72.4 cm³/mol. The van der Waals surface area contributed by atoms with Gasteiger partial charge in [-0.05, 0) is 12.1 Å². The van der Waals surface area contributed by atoms with Crippen molar-refractivity contribution in [2.75, 3.05) is 17.6 Å². The zero-order chi connectivity index (χ0) is 16.3. The number of nitrogen functional groups attached to an aromatic ring is 1. The molecule has 0 aliphatic carbocycles. The number of hydroxylamine groups is 1. The lowest BCUT2D eigenvalue weighted by atomic mass is 10.2. The number of anilines is 2. The Morgan fingerprint density at radius 2 is 2.18 bits per heavy atom. The molecule has 0 atom stereocenters. The van der Waals surface area contributed by atoms with Crippen LogP contribution in [0.3, 0.4) is 0 Å². The zero-order valence-corrected chi connectivity index (χ0v) is 11.3. The van der Waals surface area contributed by atoms with Crippen molar-refractivity contribution in [3.05, 3.63) is 24.0 Å². The molecule has 0 aliphatic heterocycles. The molecule has 0 spiro atoms. The molecular formula is C12H14F3N5O2. The Morgan fingerprint density at radius 3 is 2.82 bits per heavy atom. The number of imidazole rings is 1. The number of pyridine rings is 1. The number of aryl methyl sites for hydroxylation is 1. The maximum Gasteiger partial charge on any atom is 0.389 e. The van der Waals surface area contributed by atoms with E-state index in [2.05, 4.69) is 10.3 Å². The zero-order valence-electron chi connectivity index (χ0n) is 11.3. The van der Waals surface area contributed by atoms with Crippen molar-refractivity contribution in [2.24, 2.45) is 0 Å². The largest absolute Gasteiger partial charge is 0.396 e. The van der Waals surface area contributed by atoms with E-state index in [4.69, 9.17) is 10.9 Å². The summed E-state index contributed by atoms with van der Waals surface area (Å²) in [6, 6.07) is 3.16. The fraction of sp³-hybridized carbons (Fsp3) is 0.333. The van der Waals surface area contributed by atoms with Crippen molar-refractivity contribution < 1.29 is 23.2 Å². The molecule has 7 nitrogen and oxygen atoms in total. The molecule has 1 amide bonds. The minimum Gasteiger partial charge on any atom is -0.396 e. The van der Waals surface area contributed by atoms with Gasteiger partial charge < -0.3 is 15.5 Å². The van der Waals surface area contributed by atoms with E-state index in [1.165, 1.54) is 9.88 Å². The predicted octanol–water partition coefficient (Wildman–Crippen LogP) is 1.33. The Bertz CT molecular complexity index is 683. The Morgan fingerprint density at radius 1 is 1.45 bits per heavy atom. The van der Waals surface area contributed by atoms with Crippen LogP contribution in [0.4, 0.5) is 24.7 Å². The number of hydrogen-bond donors (Lipinski definition) is 4. The molecule has 0 unspecified atom stereocenters. The van der Waals surface area contributed by atoms with Crippen LogP contribution in [0.25, 0.3) is 5.65 Å². The highest BCUT2D eigenvalue weighted by atomic mass is 19.4. The third kappa shape index (κ3) is 3.58. The number of carbonyl (C=O) groups excluding carboxylic acids is 1. The smallest absolute Gasteiger partial charge is 0.389 e. The standard InChI is InChI=1S/C12H14F3N5O2/c13-12(14,15)4-3-8-10(17-6-9(21)19-22)18-11-7(16)2-1-5-20(8)11/h1-2,5,17,22H,3-4,6,16H2,(H,19,21). The molecule has 0 aromatic carbocycles. The van der Waals surface area contributed by atoms with Crippen molar-refractivity contribution in [1.29, 1.82) is 0 Å². The highest BCUT2D eigenvalue weighted by Gasteiger charge is 2.28. The van der Waals surface area contributed by atoms with Gasteiger partial charge in [-0.1, -0.05) is 0 Å². The molecule has 10 heteroatoms. The summed E-state index contributed by atoms with van der Waals surface area (Å²) in [4.78, 5) is 15.1. The molecule has 2 heterocycles. The molecule has 2 aromatic rings. The van der Waals surface area contributed by atoms with Gasteiger partial charge in [0.05, 0.1) is 17.9 Å². The molecule has 0 aliphatic rings. The van der Waals surface area contributed by atoms with Crippen molar-refractivity contribution >= 4 is 23.1 Å². The number of nitrogens with two attached hydrogens (primary N) is 1. The summed E-state index contributed by atoms with van der Waals surface area (Å²) in [5.41, 5.74) is 8.02. The quantitative estimate of drug-likeness (QED) is 0.492. The topological polar surface area (TPSA) is 105 Å². The van der Waals surface area contributed by atoms with Gasteiger partial charge in [0.15, 0.2) is 5.65 Å². The second kappa shape index (κ2) is 6.10. The van der Waals surface area contributed by atoms with Gasteiger partial charge in [-0.15, -0.1) is 0 Å². The van der Waals surface area contributed by atoms with Crippen molar-refractivity contribution in [3.8, 4) is 0 Å². The maximum absolute atomic E-state index is 12.5. The van der Waals surface area contributed by atoms with Crippen molar-refractivity contribution in [2.45, 2.75) is 19.0 Å². The summed E-state index contributed by atoms with van der Waals surface area (Å²) in [5.74, 6) is -0.627. The number of amides is 1. The molecule has 0 fully saturated rings. The second-order valence-electron chi connectivity index (χ2n) is 4.57. The van der Waals surface area contributed by atoms with Crippen LogP contribution < -0.4 is 16.5 Å². The minimum atomic E-state index is -4.32. The lowest BCUT2D eigenvalue weighted by molar-refractivity contribution is -0.134. The van der Waals surface area contributed by atoms with Crippen LogP contribution >= 0.6 is 0 Å². The normalized spacial score (nSPS) is 11.6. The highest BCUT2D eigenvalue weighted by molar-refractivity contribution is 5.80. The summed E-state index contributed by atoms with van der Waals surface area (Å²) in [7, 11) is 0. The third-order valence-corrected chi connectivity index (χ3v) is 2.97. The number of carbonyl (C=O) groups is 1. The Labute approximate surface area is 122 Å². The van der Waals surface area contributed by atoms with Crippen LogP contribution in [0.1, 0.15) is 12.1 Å². The number of rotatable bonds is 5. The summed E-state index contributed by atoms with van der Waals surface area (Å²) in [6.45, 7) is -0.334. The lowest BCUT2D eigenvalue weighted by Crippen LogP contribution is -2.27. The molecule has 0 bridgehead atoms. The number of alkyl halides is 3. The number of hydrogen-bond acceptors (Lipinski definition) is 5. The van der Waals surface area contributed by atoms with E-state index >= 15 is 0 Å². The highest BCUT2D eigenvalue weighted by Crippen LogP contribution is 2.27. The third-order valence-electron chi connectivity index (χ3n) is 2.97. The first-order valence-electron chi connectivity index (χ1n) is 6.31. The van der Waals surface area contributed by atoms with Crippen LogP contribution in [0.15, 0.2) is 18.3 Å². The average Bonchev–Trinajstić information content (AvgIpc) is 2.81. The van der Waals surface area contributed by atoms with Crippen LogP contribution in [0.5, 0.6) is 0 Å². The summed E-state index contributed by atoms with van der Waals surface area (Å²) in [6.07, 6.45) is -4.13. The van der Waals surface area contributed by atoms with Gasteiger partial charge in [0.2, 0.25) is 0 Å². The summed E-state index contributed by atoms with van der Waals surface area (Å²) >= 11 is 0. The Balaban J connectivity index is 2.35. The lowest BCUT2D eigenvalue weighted by Gasteiger charge is -2.09. The van der Waals surface area contributed by atoms with E-state index in [1.807, 2.05) is 0 Å². The number of fused-ring (bicyclic) bond motifs is 1. The van der Waals surface area contributed by atoms with Crippen LogP contribution in [0, 0.1) is 0 Å². The fourth-order valence-corrected chi connectivity index (χ4v) is 1.98. The molecule has 0 radical (unpaired) electrons. The first-order chi connectivity index (χ1) is 10.3. The first-order valence-corrected chi connectivity index (χ1v) is 6.31. The Kier molecular flexibility index (Phi) is 4.40. The monoisotopic (exact) mass is 317 g/mol. The van der Waals surface area contributed by atoms with Gasteiger partial charge in [-0.3, -0.25) is 10.0 Å². The van der Waals surface area contributed by atoms with Crippen molar-refractivity contribution in [1.82, 2.24) is 14.9 Å². The molecular weight excluding hydrogens is 303 g/mol. The number of aromatic nitrogens is 2. The molecule has 2 rings (SSSR count). The SMILES string of the molecule is Nc1cccn2c(CCC(F)(F)F)c(NCC(=O)NO)nc12. The van der Waals surface area contributed by atoms with E-state index in [-0.39, 0.29) is 24.5 Å². The average molecular weight is 317 g/mol. The van der Waals surface area contributed by atoms with Gasteiger partial charge in [-0.2, -0.15) is 13.2 Å². The molecule has 0 saturated heterocycles. The molecule has 22 heavy (non-hydrogen) atoms. The van der Waals surface area contributed by atoms with Crippen LogP contribution in [0.2, 0.25) is 0 Å². The van der Waals surface area contributed by atoms with Crippen LogP contribution in [-0.4, -0.2) is 33.2 Å². The minimum absolute atomic E-state index is 0.116. The number of halogens is 3. The van der Waals surface area contributed by atoms with Crippen LogP contribution in [-0.2, 0) is 11.2 Å². The maximum atomic E-state index is 12.5. The van der Waals surface area contributed by atoms with E-state index in [0.717, 1.165) is 0 Å². The molecule has 120 valence electrons. The van der Waals surface area contributed by atoms with E-state index in [0.29, 0.717) is 11.3 Å². The van der Waals surface area contributed by atoms with Gasteiger partial charge >= 0.3 is 6.18 Å². The fourth-order valence-electron chi connectivity index (χ4n) is 1.98. The van der Waals surface area contributed by atoms with Gasteiger partial charge in [0, 0.05) is 19.0 Å². The molecule has 2 aromatic heterocycles. The van der Waals surface area contributed by atoms with Gasteiger partial charge in [-0.25, -0.2) is 10.5 Å². The van der Waals surface area contributed by atoms with E-state index in [9.17, 15) is 18.0 Å². The first kappa shape index (κ1) is 15.9. The van der Waals surface area contributed by atoms with Crippen molar-refractivity contribution in [3.63, 3.8) is 0 Å². The number of nitrogens with one attached hydrogen (secondary N) is 2. The van der Waals surface area contributed by atoms with Gasteiger partial charge in [0.1, 0.15) is 5.82 Å². The summed E-state index contributed by atoms with van der Waals surface area (Å²) < 4.78 is 38.8. The van der Waals surface area contributed by atoms with Gasteiger partial charge in [0.25, 0.3) is 5.91 Å². The van der Waals surface area contributed by atoms with E-state index in [1.54, 1.807) is 18.3 Å². The van der Waals surface area contributed by atoms with E-state index < -0.39 is 18.5 Å². The summed E-state index contributed by atoms with van der Waals surface area (Å²) in [5, 5.41) is 11.0.